The summed E-state index contributed by atoms with van der Waals surface area (Å²) in [6.07, 6.45) is 2.24. The topological polar surface area (TPSA) is 0 Å². The van der Waals surface area contributed by atoms with Crippen LogP contribution in [0.5, 0.6) is 0 Å². The van der Waals surface area contributed by atoms with Crippen molar-refractivity contribution in [3.05, 3.63) is 19.6 Å². The monoisotopic (exact) mass is 246 g/mol. The zero-order valence-electron chi connectivity index (χ0n) is 2.92. The molecule has 0 aromatic carbocycles. The number of rotatable bonds is 1. The van der Waals surface area contributed by atoms with Gasteiger partial charge in [-0.1, -0.05) is 0 Å². The standard InChI is InChI=1S/C4H6.Os/c1-3-4-2;/h1,3H,2,4H2;/q-2;+2. The van der Waals surface area contributed by atoms with E-state index < -0.39 is 0 Å². The average molecular weight is 244 g/mol. The molecule has 0 N–H and O–H groups in total. The Kier molecular flexibility index (Phi) is 16.0. The average Bonchev–Trinajstić information content (AvgIpc) is 1.37. The van der Waals surface area contributed by atoms with Gasteiger partial charge >= 0.3 is 19.8 Å². The second-order valence-corrected chi connectivity index (χ2v) is 0.524. The van der Waals surface area contributed by atoms with Crippen LogP contribution in [0.25, 0.3) is 0 Å². The van der Waals surface area contributed by atoms with Crippen LogP contribution in [0.3, 0.4) is 0 Å². The van der Waals surface area contributed by atoms with Crippen LogP contribution in [0.1, 0.15) is 6.42 Å². The van der Waals surface area contributed by atoms with Crippen LogP contribution in [0.15, 0.2) is 6.08 Å². The minimum Gasteiger partial charge on any atom is -0.520 e. The van der Waals surface area contributed by atoms with Crippen molar-refractivity contribution in [2.75, 3.05) is 0 Å². The van der Waals surface area contributed by atoms with Gasteiger partial charge in [0.25, 0.3) is 0 Å². The van der Waals surface area contributed by atoms with Crippen molar-refractivity contribution in [3.8, 4) is 0 Å². The van der Waals surface area contributed by atoms with E-state index in [0.717, 1.165) is 6.42 Å². The Morgan fingerprint density at radius 2 is 2.00 bits per heavy atom. The summed E-state index contributed by atoms with van der Waals surface area (Å²) in [5, 5.41) is 0. The zero-order valence-corrected chi connectivity index (χ0v) is 5.46. The van der Waals surface area contributed by atoms with Crippen LogP contribution < -0.4 is 0 Å². The molecule has 0 amide bonds. The van der Waals surface area contributed by atoms with Gasteiger partial charge < -0.3 is 19.6 Å². The molecule has 0 aliphatic heterocycles. The van der Waals surface area contributed by atoms with Crippen molar-refractivity contribution >= 4 is 0 Å². The minimum absolute atomic E-state index is 0. The summed E-state index contributed by atoms with van der Waals surface area (Å²) in [6, 6.07) is 0. The molecule has 0 rings (SSSR count). The third kappa shape index (κ3) is 13.0. The van der Waals surface area contributed by atoms with Crippen LogP contribution in [0.4, 0.5) is 0 Å². The van der Waals surface area contributed by atoms with Gasteiger partial charge in [0, 0.05) is 0 Å². The van der Waals surface area contributed by atoms with Gasteiger partial charge in [-0.2, -0.15) is 6.42 Å². The molecule has 0 aromatic heterocycles. The number of allylic oxidation sites excluding steroid dienone is 1. The molecule has 0 unspecified atom stereocenters. The molecule has 0 bridgehead atoms. The van der Waals surface area contributed by atoms with E-state index in [1.807, 2.05) is 0 Å². The van der Waals surface area contributed by atoms with Crippen LogP contribution in [0, 0.1) is 13.5 Å². The summed E-state index contributed by atoms with van der Waals surface area (Å²) in [7, 11) is 0. The van der Waals surface area contributed by atoms with Gasteiger partial charge in [0.2, 0.25) is 0 Å². The molecule has 0 fully saturated rings. The second kappa shape index (κ2) is 8.83. The fourth-order valence-electron chi connectivity index (χ4n) is 0. The van der Waals surface area contributed by atoms with E-state index >= 15 is 0 Å². The summed E-state index contributed by atoms with van der Waals surface area (Å²) in [4.78, 5) is 0. The SMILES string of the molecule is [CH-]=CC[CH2-].[Os+2]. The molecule has 1 heteroatoms. The fourth-order valence-corrected chi connectivity index (χ4v) is 0. The maximum absolute atomic E-state index is 4.84. The third-order valence-electron chi connectivity index (χ3n) is 0.167. The molecule has 5 heavy (non-hydrogen) atoms. The Bertz CT molecular complexity index is 17.6. The minimum atomic E-state index is 0. The van der Waals surface area contributed by atoms with Crippen molar-refractivity contribution < 1.29 is 19.8 Å². The molecule has 0 saturated heterocycles. The van der Waals surface area contributed by atoms with Crippen molar-refractivity contribution in [2.45, 2.75) is 6.42 Å². The van der Waals surface area contributed by atoms with E-state index in [9.17, 15) is 0 Å². The van der Waals surface area contributed by atoms with Crippen molar-refractivity contribution in [1.82, 2.24) is 0 Å². The van der Waals surface area contributed by atoms with Crippen molar-refractivity contribution in [3.63, 3.8) is 0 Å². The van der Waals surface area contributed by atoms with E-state index in [1.165, 1.54) is 6.08 Å². The van der Waals surface area contributed by atoms with Gasteiger partial charge in [-0.15, -0.1) is 0 Å². The molecule has 0 aliphatic rings. The first-order chi connectivity index (χ1) is 1.91. The normalized spacial score (nSPS) is 5.00. The van der Waals surface area contributed by atoms with E-state index in [4.69, 9.17) is 6.58 Å². The largest absolute Gasteiger partial charge is 2.00 e. The maximum Gasteiger partial charge on any atom is 2.00 e. The molecule has 0 nitrogen and oxygen atoms in total. The second-order valence-electron chi connectivity index (χ2n) is 0.524. The Labute approximate surface area is 46.3 Å². The molecular formula is C4H6Os. The first-order valence-electron chi connectivity index (χ1n) is 1.24. The van der Waals surface area contributed by atoms with Crippen LogP contribution in [-0.2, 0) is 19.8 Å². The van der Waals surface area contributed by atoms with Crippen molar-refractivity contribution in [2.24, 2.45) is 0 Å². The summed E-state index contributed by atoms with van der Waals surface area (Å²) in [6.45, 7) is 8.26. The van der Waals surface area contributed by atoms with Gasteiger partial charge in [0.1, 0.15) is 0 Å². The summed E-state index contributed by atoms with van der Waals surface area (Å²) < 4.78 is 0. The van der Waals surface area contributed by atoms with Gasteiger partial charge in [-0.05, 0) is 0 Å². The van der Waals surface area contributed by atoms with Gasteiger partial charge in [0.05, 0.1) is 0 Å². The molecule has 30 valence electrons. The molecular weight excluding hydrogens is 238 g/mol. The first-order valence-corrected chi connectivity index (χ1v) is 1.24. The summed E-state index contributed by atoms with van der Waals surface area (Å²) in [5.74, 6) is 0. The van der Waals surface area contributed by atoms with Gasteiger partial charge in [-0.3, -0.25) is 0 Å². The predicted octanol–water partition coefficient (Wildman–Crippen LogP) is 1.20. The smallest absolute Gasteiger partial charge is 0.520 e. The molecule has 0 heterocycles. The molecule has 0 aliphatic carbocycles. The predicted molar refractivity (Wildman–Crippen MR) is 18.8 cm³/mol. The van der Waals surface area contributed by atoms with Crippen molar-refractivity contribution in [1.29, 1.82) is 0 Å². The fraction of sp³-hybridized carbons (Fsp3) is 0.250. The van der Waals surface area contributed by atoms with E-state index in [2.05, 4.69) is 6.92 Å². The van der Waals surface area contributed by atoms with Crippen LogP contribution in [0.2, 0.25) is 0 Å². The van der Waals surface area contributed by atoms with Crippen LogP contribution in [-0.4, -0.2) is 0 Å². The number of hydrogen-bond donors (Lipinski definition) is 0. The zero-order chi connectivity index (χ0) is 3.41. The quantitative estimate of drug-likeness (QED) is 0.608. The third-order valence-corrected chi connectivity index (χ3v) is 0.167. The van der Waals surface area contributed by atoms with Gasteiger partial charge in [-0.25, -0.2) is 0 Å². The summed E-state index contributed by atoms with van der Waals surface area (Å²) in [5.41, 5.74) is 0. The molecule has 0 radical (unpaired) electrons. The Morgan fingerprint density at radius 3 is 2.00 bits per heavy atom. The molecule has 0 aromatic rings. The maximum atomic E-state index is 4.84. The Hall–Kier alpha value is 0.376. The Morgan fingerprint density at radius 1 is 1.80 bits per heavy atom. The van der Waals surface area contributed by atoms with Gasteiger partial charge in [0.15, 0.2) is 0 Å². The molecule has 0 spiro atoms. The number of hydrogen-bond acceptors (Lipinski definition) is 0. The first kappa shape index (κ1) is 9.03. The van der Waals surface area contributed by atoms with E-state index in [-0.39, 0.29) is 19.8 Å². The molecule has 0 saturated carbocycles. The Balaban J connectivity index is 0. The molecule has 0 atom stereocenters. The summed E-state index contributed by atoms with van der Waals surface area (Å²) >= 11 is 0. The van der Waals surface area contributed by atoms with E-state index in [1.54, 1.807) is 0 Å². The van der Waals surface area contributed by atoms with Crippen LogP contribution >= 0.6 is 0 Å². The van der Waals surface area contributed by atoms with E-state index in [0.29, 0.717) is 0 Å².